The Kier molecular flexibility index (Phi) is 4.26. The second-order valence-corrected chi connectivity index (χ2v) is 7.33. The van der Waals surface area contributed by atoms with E-state index in [2.05, 4.69) is 0 Å². The fraction of sp³-hybridized carbons (Fsp3) is 0.636. The average Bonchev–Trinajstić information content (AvgIpc) is 2.78. The van der Waals surface area contributed by atoms with Gasteiger partial charge in [0.15, 0.2) is 0 Å². The number of nitrogen functional groups attached to an aromatic ring is 1. The van der Waals surface area contributed by atoms with Crippen LogP contribution < -0.4 is 5.73 Å². The fourth-order valence-electron chi connectivity index (χ4n) is 2.07. The highest BCUT2D eigenvalue weighted by molar-refractivity contribution is 7.91. The van der Waals surface area contributed by atoms with Crippen molar-refractivity contribution in [2.45, 2.75) is 30.1 Å². The lowest BCUT2D eigenvalue weighted by Crippen LogP contribution is -2.40. The van der Waals surface area contributed by atoms with Crippen molar-refractivity contribution in [1.29, 1.82) is 0 Å². The van der Waals surface area contributed by atoms with Crippen LogP contribution in [0, 0.1) is 0 Å². The third kappa shape index (κ3) is 2.85. The monoisotopic (exact) mass is 290 g/mol. The Hall–Kier alpha value is -0.630. The van der Waals surface area contributed by atoms with Gasteiger partial charge in [0.1, 0.15) is 4.21 Å². The second kappa shape index (κ2) is 5.56. The second-order valence-electron chi connectivity index (χ2n) is 4.26. The molecule has 1 aromatic heterocycles. The number of sulfonamides is 1. The van der Waals surface area contributed by atoms with Crippen molar-refractivity contribution in [2.75, 3.05) is 25.4 Å². The fourth-order valence-corrected chi connectivity index (χ4v) is 4.77. The molecular formula is C11H18N2O3S2. The van der Waals surface area contributed by atoms with Gasteiger partial charge in [0.05, 0.1) is 6.10 Å². The Morgan fingerprint density at radius 1 is 1.50 bits per heavy atom. The Bertz CT molecular complexity index is 490. The molecule has 0 amide bonds. The summed E-state index contributed by atoms with van der Waals surface area (Å²) in [6.45, 7) is 3.67. The third-order valence-electron chi connectivity index (χ3n) is 2.99. The molecule has 18 heavy (non-hydrogen) atoms. The summed E-state index contributed by atoms with van der Waals surface area (Å²) in [7, 11) is -3.36. The van der Waals surface area contributed by atoms with E-state index < -0.39 is 10.0 Å². The van der Waals surface area contributed by atoms with Crippen molar-refractivity contribution in [1.82, 2.24) is 4.31 Å². The number of anilines is 1. The lowest BCUT2D eigenvalue weighted by Gasteiger charge is -2.30. The Morgan fingerprint density at radius 2 is 2.17 bits per heavy atom. The van der Waals surface area contributed by atoms with Crippen LogP contribution in [-0.2, 0) is 14.8 Å². The molecule has 2 heterocycles. The van der Waals surface area contributed by atoms with Crippen LogP contribution in [0.3, 0.4) is 0 Å². The molecule has 0 unspecified atom stereocenters. The Morgan fingerprint density at radius 3 is 2.67 bits per heavy atom. The smallest absolute Gasteiger partial charge is 0.252 e. The maximum Gasteiger partial charge on any atom is 0.252 e. The molecule has 102 valence electrons. The van der Waals surface area contributed by atoms with Gasteiger partial charge in [0.2, 0.25) is 0 Å². The minimum Gasteiger partial charge on any atom is -0.398 e. The normalized spacial score (nSPS) is 19.2. The van der Waals surface area contributed by atoms with Crippen molar-refractivity contribution in [3.63, 3.8) is 0 Å². The highest BCUT2D eigenvalue weighted by Gasteiger charge is 2.30. The molecule has 1 aliphatic heterocycles. The summed E-state index contributed by atoms with van der Waals surface area (Å²) in [4.78, 5) is 0. The molecule has 0 spiro atoms. The van der Waals surface area contributed by atoms with Gasteiger partial charge in [-0.1, -0.05) is 0 Å². The van der Waals surface area contributed by atoms with Crippen LogP contribution in [0.25, 0.3) is 0 Å². The summed E-state index contributed by atoms with van der Waals surface area (Å²) in [5.74, 6) is 0. The first-order chi connectivity index (χ1) is 8.54. The number of piperidine rings is 1. The highest BCUT2D eigenvalue weighted by Crippen LogP contribution is 2.27. The molecule has 0 aromatic carbocycles. The molecule has 1 saturated heterocycles. The molecule has 1 aromatic rings. The SMILES string of the molecule is CCOC1CCN(S(=O)(=O)c2cc(N)cs2)CC1. The lowest BCUT2D eigenvalue weighted by atomic mass is 10.1. The quantitative estimate of drug-likeness (QED) is 0.912. The summed E-state index contributed by atoms with van der Waals surface area (Å²) >= 11 is 1.18. The number of nitrogens with zero attached hydrogens (tertiary/aromatic N) is 1. The van der Waals surface area contributed by atoms with Gasteiger partial charge in [-0.25, -0.2) is 8.42 Å². The van der Waals surface area contributed by atoms with Gasteiger partial charge in [0, 0.05) is 30.8 Å². The Labute approximate surface area is 112 Å². The number of nitrogens with two attached hydrogens (primary N) is 1. The first-order valence-electron chi connectivity index (χ1n) is 5.99. The van der Waals surface area contributed by atoms with Crippen LogP contribution in [0.1, 0.15) is 19.8 Å². The summed E-state index contributed by atoms with van der Waals surface area (Å²) in [6.07, 6.45) is 1.71. The van der Waals surface area contributed by atoms with E-state index in [1.165, 1.54) is 21.7 Å². The molecule has 0 radical (unpaired) electrons. The highest BCUT2D eigenvalue weighted by atomic mass is 32.2. The van der Waals surface area contributed by atoms with E-state index in [1.807, 2.05) is 6.92 Å². The van der Waals surface area contributed by atoms with Gasteiger partial charge >= 0.3 is 0 Å². The van der Waals surface area contributed by atoms with E-state index in [-0.39, 0.29) is 6.10 Å². The van der Waals surface area contributed by atoms with Crippen molar-refractivity contribution in [3.05, 3.63) is 11.4 Å². The summed E-state index contributed by atoms with van der Waals surface area (Å²) < 4.78 is 32.0. The zero-order valence-corrected chi connectivity index (χ0v) is 12.0. The molecular weight excluding hydrogens is 272 g/mol. The van der Waals surface area contributed by atoms with Gasteiger partial charge in [-0.15, -0.1) is 11.3 Å². The third-order valence-corrected chi connectivity index (χ3v) is 6.33. The number of thiophene rings is 1. The predicted octanol–water partition coefficient (Wildman–Crippen LogP) is 1.52. The largest absolute Gasteiger partial charge is 0.398 e. The predicted molar refractivity (Wildman–Crippen MR) is 72.1 cm³/mol. The summed E-state index contributed by atoms with van der Waals surface area (Å²) in [5, 5.41) is 1.65. The number of rotatable bonds is 4. The number of hydrogen-bond donors (Lipinski definition) is 1. The molecule has 2 rings (SSSR count). The van der Waals surface area contributed by atoms with Crippen molar-refractivity contribution in [2.24, 2.45) is 0 Å². The van der Waals surface area contributed by atoms with Crippen LogP contribution in [-0.4, -0.2) is 38.5 Å². The van der Waals surface area contributed by atoms with E-state index in [0.29, 0.717) is 29.6 Å². The molecule has 2 N–H and O–H groups in total. The Balaban J connectivity index is 2.05. The van der Waals surface area contributed by atoms with Crippen molar-refractivity contribution >= 4 is 27.0 Å². The molecule has 0 aliphatic carbocycles. The van der Waals surface area contributed by atoms with Gasteiger partial charge < -0.3 is 10.5 Å². The van der Waals surface area contributed by atoms with Crippen molar-refractivity contribution < 1.29 is 13.2 Å². The molecule has 1 fully saturated rings. The average molecular weight is 290 g/mol. The minimum atomic E-state index is -3.36. The molecule has 0 atom stereocenters. The van der Waals surface area contributed by atoms with E-state index in [0.717, 1.165) is 12.8 Å². The lowest BCUT2D eigenvalue weighted by molar-refractivity contribution is 0.0290. The molecule has 5 nitrogen and oxygen atoms in total. The molecule has 1 aliphatic rings. The minimum absolute atomic E-state index is 0.190. The van der Waals surface area contributed by atoms with Crippen LogP contribution in [0.5, 0.6) is 0 Å². The van der Waals surface area contributed by atoms with Crippen LogP contribution in [0.4, 0.5) is 5.69 Å². The number of hydrogen-bond acceptors (Lipinski definition) is 5. The van der Waals surface area contributed by atoms with Gasteiger partial charge in [0.25, 0.3) is 10.0 Å². The maximum atomic E-state index is 12.3. The van der Waals surface area contributed by atoms with Gasteiger partial charge in [-0.3, -0.25) is 0 Å². The van der Waals surface area contributed by atoms with Crippen molar-refractivity contribution in [3.8, 4) is 0 Å². The van der Waals surface area contributed by atoms with Crippen LogP contribution in [0.2, 0.25) is 0 Å². The standard InChI is InChI=1S/C11H18N2O3S2/c1-2-16-10-3-5-13(6-4-10)18(14,15)11-7-9(12)8-17-11/h7-8,10H,2-6,12H2,1H3. The van der Waals surface area contributed by atoms with Gasteiger partial charge in [-0.05, 0) is 25.8 Å². The summed E-state index contributed by atoms with van der Waals surface area (Å²) in [5.41, 5.74) is 6.08. The van der Waals surface area contributed by atoms with Crippen LogP contribution in [0.15, 0.2) is 15.7 Å². The molecule has 7 heteroatoms. The first kappa shape index (κ1) is 13.8. The summed E-state index contributed by atoms with van der Waals surface area (Å²) in [6, 6.07) is 1.52. The molecule has 0 bridgehead atoms. The van der Waals surface area contributed by atoms with E-state index >= 15 is 0 Å². The van der Waals surface area contributed by atoms with E-state index in [4.69, 9.17) is 10.5 Å². The maximum absolute atomic E-state index is 12.3. The van der Waals surface area contributed by atoms with Crippen LogP contribution >= 0.6 is 11.3 Å². The zero-order valence-electron chi connectivity index (χ0n) is 10.3. The molecule has 0 saturated carbocycles. The first-order valence-corrected chi connectivity index (χ1v) is 8.31. The topological polar surface area (TPSA) is 72.6 Å². The van der Waals surface area contributed by atoms with E-state index in [1.54, 1.807) is 5.38 Å². The van der Waals surface area contributed by atoms with E-state index in [9.17, 15) is 8.42 Å². The van der Waals surface area contributed by atoms with Gasteiger partial charge in [-0.2, -0.15) is 4.31 Å². The number of ether oxygens (including phenoxy) is 1. The zero-order chi connectivity index (χ0) is 13.2.